The van der Waals surface area contributed by atoms with Crippen LogP contribution in [-0.4, -0.2) is 23.9 Å². The molecule has 0 saturated carbocycles. The van der Waals surface area contributed by atoms with Gasteiger partial charge in [0.1, 0.15) is 5.76 Å². The van der Waals surface area contributed by atoms with Gasteiger partial charge >= 0.3 is 0 Å². The number of aryl methyl sites for hydroxylation is 2. The molecule has 1 fully saturated rings. The number of nitrogens with zero attached hydrogens (tertiary/aromatic N) is 3. The molecule has 134 valence electrons. The maximum absolute atomic E-state index is 5.96. The smallest absolute Gasteiger partial charge is 0.210 e. The van der Waals surface area contributed by atoms with Gasteiger partial charge in [0.25, 0.3) is 0 Å². The van der Waals surface area contributed by atoms with Crippen LogP contribution in [0.5, 0.6) is 0 Å². The number of benzene rings is 1. The topological polar surface area (TPSA) is 33.7 Å². The van der Waals surface area contributed by atoms with E-state index >= 15 is 0 Å². The fourth-order valence-corrected chi connectivity index (χ4v) is 4.03. The number of furan rings is 1. The summed E-state index contributed by atoms with van der Waals surface area (Å²) in [7, 11) is 0. The van der Waals surface area contributed by atoms with Crippen LogP contribution in [0.3, 0.4) is 0 Å². The van der Waals surface area contributed by atoms with E-state index < -0.39 is 0 Å². The van der Waals surface area contributed by atoms with Gasteiger partial charge in [-0.15, -0.1) is 0 Å². The second kappa shape index (κ2) is 7.16. The first-order chi connectivity index (χ1) is 12.6. The van der Waals surface area contributed by atoms with Crippen LogP contribution < -0.4 is 4.90 Å². The van der Waals surface area contributed by atoms with Crippen molar-refractivity contribution in [1.29, 1.82) is 0 Å². The average Bonchev–Trinajstić information content (AvgIpc) is 3.35. The van der Waals surface area contributed by atoms with E-state index in [4.69, 9.17) is 4.42 Å². The molecule has 0 aliphatic carbocycles. The van der Waals surface area contributed by atoms with Gasteiger partial charge in [0.05, 0.1) is 16.4 Å². The zero-order valence-electron chi connectivity index (χ0n) is 15.1. The molecule has 0 amide bonds. The van der Waals surface area contributed by atoms with Crippen molar-refractivity contribution in [3.05, 3.63) is 64.1 Å². The molecular formula is C21H22BrN3O. The summed E-state index contributed by atoms with van der Waals surface area (Å²) in [4.78, 5) is 6.83. The van der Waals surface area contributed by atoms with E-state index in [2.05, 4.69) is 68.5 Å². The van der Waals surface area contributed by atoms with Crippen LogP contribution in [0.2, 0.25) is 0 Å². The number of anilines is 1. The number of aliphatic imine (C=N–C) groups is 1. The van der Waals surface area contributed by atoms with Crippen molar-refractivity contribution in [3.63, 3.8) is 0 Å². The van der Waals surface area contributed by atoms with Crippen molar-refractivity contribution in [2.24, 2.45) is 4.99 Å². The van der Waals surface area contributed by atoms with E-state index in [0.29, 0.717) is 0 Å². The Morgan fingerprint density at radius 3 is 2.31 bits per heavy atom. The van der Waals surface area contributed by atoms with Crippen molar-refractivity contribution in [2.75, 3.05) is 18.0 Å². The molecule has 0 atom stereocenters. The molecule has 0 bridgehead atoms. The SMILES string of the molecule is Cc1ccc(C)n1-c1ccc(N=Cc2cc(Br)c(N3CCCC3)o2)cc1. The van der Waals surface area contributed by atoms with Crippen molar-refractivity contribution in [3.8, 4) is 5.69 Å². The first-order valence-electron chi connectivity index (χ1n) is 8.95. The van der Waals surface area contributed by atoms with Gasteiger partial charge in [-0.1, -0.05) is 0 Å². The molecule has 2 aromatic heterocycles. The van der Waals surface area contributed by atoms with Gasteiger partial charge in [0.15, 0.2) is 0 Å². The predicted octanol–water partition coefficient (Wildman–Crippen LogP) is 5.80. The van der Waals surface area contributed by atoms with Crippen LogP contribution in [-0.2, 0) is 0 Å². The molecule has 5 heteroatoms. The highest BCUT2D eigenvalue weighted by molar-refractivity contribution is 9.10. The fraction of sp³-hybridized carbons (Fsp3) is 0.286. The van der Waals surface area contributed by atoms with E-state index in [-0.39, 0.29) is 0 Å². The van der Waals surface area contributed by atoms with Gasteiger partial charge in [-0.05, 0) is 79.0 Å². The van der Waals surface area contributed by atoms with E-state index in [9.17, 15) is 0 Å². The van der Waals surface area contributed by atoms with E-state index in [0.717, 1.165) is 40.6 Å². The molecule has 26 heavy (non-hydrogen) atoms. The number of hydrogen-bond donors (Lipinski definition) is 0. The monoisotopic (exact) mass is 411 g/mol. The minimum atomic E-state index is 0.764. The first kappa shape index (κ1) is 17.2. The van der Waals surface area contributed by atoms with Crippen molar-refractivity contribution in [2.45, 2.75) is 26.7 Å². The summed E-state index contributed by atoms with van der Waals surface area (Å²) in [6.45, 7) is 6.35. The molecular weight excluding hydrogens is 390 g/mol. The molecule has 3 heterocycles. The molecule has 4 nitrogen and oxygen atoms in total. The number of hydrogen-bond acceptors (Lipinski definition) is 3. The summed E-state index contributed by atoms with van der Waals surface area (Å²) in [5.74, 6) is 1.68. The van der Waals surface area contributed by atoms with E-state index in [1.807, 2.05) is 18.2 Å². The van der Waals surface area contributed by atoms with Gasteiger partial charge in [-0.25, -0.2) is 0 Å². The van der Waals surface area contributed by atoms with Crippen molar-refractivity contribution >= 4 is 33.7 Å². The number of rotatable bonds is 4. The van der Waals surface area contributed by atoms with Crippen LogP contribution in [0.1, 0.15) is 30.0 Å². The molecule has 0 spiro atoms. The first-order valence-corrected chi connectivity index (χ1v) is 9.75. The zero-order valence-corrected chi connectivity index (χ0v) is 16.7. The normalized spacial score (nSPS) is 14.7. The standard InChI is InChI=1S/C21H22BrN3O/c1-15-5-6-16(2)25(15)18-9-7-17(8-10-18)23-14-19-13-20(22)21(26-19)24-11-3-4-12-24/h5-10,13-14H,3-4,11-12H2,1-2H3. The molecule has 1 aliphatic heterocycles. The average molecular weight is 412 g/mol. The lowest BCUT2D eigenvalue weighted by atomic mass is 10.2. The lowest BCUT2D eigenvalue weighted by Gasteiger charge is -2.13. The Kier molecular flexibility index (Phi) is 4.72. The highest BCUT2D eigenvalue weighted by Gasteiger charge is 2.19. The lowest BCUT2D eigenvalue weighted by Crippen LogP contribution is -2.17. The van der Waals surface area contributed by atoms with Crippen LogP contribution >= 0.6 is 15.9 Å². The second-order valence-electron chi connectivity index (χ2n) is 6.72. The third-order valence-electron chi connectivity index (χ3n) is 4.80. The fourth-order valence-electron chi connectivity index (χ4n) is 3.48. The van der Waals surface area contributed by atoms with Crippen LogP contribution in [0.25, 0.3) is 5.69 Å². The van der Waals surface area contributed by atoms with Gasteiger partial charge < -0.3 is 13.9 Å². The summed E-state index contributed by atoms with van der Waals surface area (Å²) in [5.41, 5.74) is 4.52. The maximum Gasteiger partial charge on any atom is 0.210 e. The van der Waals surface area contributed by atoms with Gasteiger partial charge in [0, 0.05) is 36.2 Å². The summed E-state index contributed by atoms with van der Waals surface area (Å²) in [5, 5.41) is 0. The second-order valence-corrected chi connectivity index (χ2v) is 7.58. The molecule has 1 aromatic carbocycles. The highest BCUT2D eigenvalue weighted by atomic mass is 79.9. The Balaban J connectivity index is 1.51. The third-order valence-corrected chi connectivity index (χ3v) is 5.37. The highest BCUT2D eigenvalue weighted by Crippen LogP contribution is 2.32. The van der Waals surface area contributed by atoms with Gasteiger partial charge in [0.2, 0.25) is 5.88 Å². The molecule has 4 rings (SSSR count). The third kappa shape index (κ3) is 3.36. The minimum Gasteiger partial charge on any atom is -0.438 e. The molecule has 0 radical (unpaired) electrons. The Bertz CT molecular complexity index is 911. The minimum absolute atomic E-state index is 0.764. The Morgan fingerprint density at radius 1 is 1.00 bits per heavy atom. The molecule has 1 saturated heterocycles. The molecule has 1 aliphatic rings. The summed E-state index contributed by atoms with van der Waals surface area (Å²) < 4.78 is 9.19. The molecule has 3 aromatic rings. The number of halogens is 1. The summed E-state index contributed by atoms with van der Waals surface area (Å²) in [6.07, 6.45) is 4.23. The Hall–Kier alpha value is -2.27. The Labute approximate surface area is 162 Å². The van der Waals surface area contributed by atoms with Gasteiger partial charge in [-0.2, -0.15) is 0 Å². The summed E-state index contributed by atoms with van der Waals surface area (Å²) >= 11 is 3.60. The van der Waals surface area contributed by atoms with Crippen molar-refractivity contribution < 1.29 is 4.42 Å². The predicted molar refractivity (Wildman–Crippen MR) is 110 cm³/mol. The lowest BCUT2D eigenvalue weighted by molar-refractivity contribution is 0.549. The molecule has 0 unspecified atom stereocenters. The largest absolute Gasteiger partial charge is 0.438 e. The maximum atomic E-state index is 5.96. The molecule has 0 N–H and O–H groups in total. The van der Waals surface area contributed by atoms with Crippen molar-refractivity contribution in [1.82, 2.24) is 4.57 Å². The quantitative estimate of drug-likeness (QED) is 0.508. The summed E-state index contributed by atoms with van der Waals surface area (Å²) in [6, 6.07) is 14.5. The van der Waals surface area contributed by atoms with E-state index in [1.165, 1.54) is 24.2 Å². The number of aromatic nitrogens is 1. The van der Waals surface area contributed by atoms with E-state index in [1.54, 1.807) is 6.21 Å². The zero-order chi connectivity index (χ0) is 18.1. The van der Waals surface area contributed by atoms with Crippen LogP contribution in [0.15, 0.2) is 56.3 Å². The Morgan fingerprint density at radius 2 is 1.65 bits per heavy atom. The van der Waals surface area contributed by atoms with Crippen LogP contribution in [0.4, 0.5) is 11.6 Å². The van der Waals surface area contributed by atoms with Crippen LogP contribution in [0, 0.1) is 13.8 Å². The van der Waals surface area contributed by atoms with Gasteiger partial charge in [-0.3, -0.25) is 4.99 Å².